The third kappa shape index (κ3) is 5.82. The fourth-order valence-corrected chi connectivity index (χ4v) is 4.01. The van der Waals surface area contributed by atoms with E-state index in [2.05, 4.69) is 10.0 Å². The summed E-state index contributed by atoms with van der Waals surface area (Å²) in [7, 11) is -3.74. The van der Waals surface area contributed by atoms with Crippen molar-refractivity contribution in [2.75, 3.05) is 11.9 Å². The van der Waals surface area contributed by atoms with Crippen LogP contribution in [0.2, 0.25) is 5.02 Å². The average Bonchev–Trinajstić information content (AvgIpc) is 2.74. The Morgan fingerprint density at radius 1 is 1.00 bits per heavy atom. The van der Waals surface area contributed by atoms with E-state index >= 15 is 0 Å². The Labute approximate surface area is 180 Å². The number of carbonyl (C=O) groups is 1. The van der Waals surface area contributed by atoms with Crippen molar-refractivity contribution in [2.24, 2.45) is 0 Å². The number of rotatable bonds is 8. The van der Waals surface area contributed by atoms with E-state index in [1.807, 2.05) is 55.5 Å². The summed E-state index contributed by atoms with van der Waals surface area (Å²) in [4.78, 5) is 12.1. The quantitative estimate of drug-likeness (QED) is 0.546. The van der Waals surface area contributed by atoms with Crippen LogP contribution in [0.3, 0.4) is 0 Å². The van der Waals surface area contributed by atoms with Gasteiger partial charge in [0.25, 0.3) is 5.91 Å². The first-order chi connectivity index (χ1) is 14.3. The van der Waals surface area contributed by atoms with E-state index in [9.17, 15) is 13.2 Å². The summed E-state index contributed by atoms with van der Waals surface area (Å²) in [6.45, 7) is 1.79. The molecule has 156 valence electrons. The molecule has 0 aliphatic heterocycles. The van der Waals surface area contributed by atoms with Gasteiger partial charge in [-0.3, -0.25) is 4.79 Å². The zero-order chi connectivity index (χ0) is 21.6. The lowest BCUT2D eigenvalue weighted by Crippen LogP contribution is -2.23. The van der Waals surface area contributed by atoms with Gasteiger partial charge in [-0.25, -0.2) is 13.1 Å². The third-order valence-corrected chi connectivity index (χ3v) is 5.99. The number of ether oxygens (including phenoxy) is 1. The van der Waals surface area contributed by atoms with E-state index in [0.29, 0.717) is 5.69 Å². The average molecular weight is 445 g/mol. The van der Waals surface area contributed by atoms with E-state index in [1.54, 1.807) is 6.07 Å². The van der Waals surface area contributed by atoms with E-state index in [1.165, 1.54) is 18.2 Å². The monoisotopic (exact) mass is 444 g/mol. The Bertz CT molecular complexity index is 1130. The maximum absolute atomic E-state index is 12.5. The van der Waals surface area contributed by atoms with Gasteiger partial charge in [0.05, 0.1) is 9.92 Å². The van der Waals surface area contributed by atoms with Gasteiger partial charge in [-0.1, -0.05) is 60.1 Å². The van der Waals surface area contributed by atoms with Gasteiger partial charge >= 0.3 is 0 Å². The molecule has 0 bridgehead atoms. The van der Waals surface area contributed by atoms with Crippen molar-refractivity contribution < 1.29 is 17.9 Å². The Kier molecular flexibility index (Phi) is 7.10. The van der Waals surface area contributed by atoms with Crippen molar-refractivity contribution in [3.05, 3.63) is 88.9 Å². The summed E-state index contributed by atoms with van der Waals surface area (Å²) in [5.74, 6) is -0.125. The Balaban J connectivity index is 1.60. The second-order valence-corrected chi connectivity index (χ2v) is 8.73. The summed E-state index contributed by atoms with van der Waals surface area (Å²) >= 11 is 6.17. The van der Waals surface area contributed by atoms with Gasteiger partial charge in [-0.05, 0) is 42.3 Å². The number of hydrogen-bond acceptors (Lipinski definition) is 4. The molecule has 0 saturated carbocycles. The van der Waals surface area contributed by atoms with Crippen LogP contribution in [0.1, 0.15) is 11.1 Å². The first kappa shape index (κ1) is 21.8. The molecule has 30 heavy (non-hydrogen) atoms. The van der Waals surface area contributed by atoms with Gasteiger partial charge in [0.1, 0.15) is 5.75 Å². The van der Waals surface area contributed by atoms with Gasteiger partial charge in [0.2, 0.25) is 10.0 Å². The lowest BCUT2D eigenvalue weighted by Gasteiger charge is -2.12. The first-order valence-electron chi connectivity index (χ1n) is 9.16. The number of carbonyl (C=O) groups excluding carboxylic acids is 1. The minimum atomic E-state index is -3.74. The molecule has 3 aromatic rings. The predicted molar refractivity (Wildman–Crippen MR) is 117 cm³/mol. The summed E-state index contributed by atoms with van der Waals surface area (Å²) in [5.41, 5.74) is 2.47. The fourth-order valence-electron chi connectivity index (χ4n) is 2.67. The Hall–Kier alpha value is -2.87. The zero-order valence-corrected chi connectivity index (χ0v) is 17.8. The van der Waals surface area contributed by atoms with Crippen LogP contribution >= 0.6 is 11.6 Å². The molecule has 0 heterocycles. The van der Waals surface area contributed by atoms with Crippen LogP contribution < -0.4 is 14.8 Å². The molecule has 0 fully saturated rings. The van der Waals surface area contributed by atoms with Gasteiger partial charge < -0.3 is 10.1 Å². The summed E-state index contributed by atoms with van der Waals surface area (Å²) < 4.78 is 33.0. The molecule has 0 aliphatic carbocycles. The van der Waals surface area contributed by atoms with Crippen molar-refractivity contribution in [3.63, 3.8) is 0 Å². The second-order valence-electron chi connectivity index (χ2n) is 6.55. The standard InChI is InChI=1S/C22H21ClN2O4S/c1-16-7-5-6-10-20(16)25-22(26)15-29-21-12-11-18(13-19(21)23)30(27,28)24-14-17-8-3-2-4-9-17/h2-13,24H,14-15H2,1H3,(H,25,26). The van der Waals surface area contributed by atoms with Gasteiger partial charge in [-0.2, -0.15) is 0 Å². The molecule has 0 spiro atoms. The molecule has 3 rings (SSSR count). The highest BCUT2D eigenvalue weighted by Crippen LogP contribution is 2.27. The van der Waals surface area contributed by atoms with Crippen LogP contribution in [0.5, 0.6) is 5.75 Å². The summed E-state index contributed by atoms with van der Waals surface area (Å²) in [6.07, 6.45) is 0. The molecule has 0 aromatic heterocycles. The maximum Gasteiger partial charge on any atom is 0.262 e. The number of amides is 1. The van der Waals surface area contributed by atoms with Crippen LogP contribution in [-0.2, 0) is 21.4 Å². The number of para-hydroxylation sites is 1. The van der Waals surface area contributed by atoms with E-state index < -0.39 is 10.0 Å². The van der Waals surface area contributed by atoms with Crippen LogP contribution in [0, 0.1) is 6.92 Å². The number of anilines is 1. The second kappa shape index (κ2) is 9.75. The molecular formula is C22H21ClN2O4S. The molecule has 8 heteroatoms. The number of nitrogens with one attached hydrogen (secondary N) is 2. The van der Waals surface area contributed by atoms with Crippen molar-refractivity contribution in [2.45, 2.75) is 18.4 Å². The summed E-state index contributed by atoms with van der Waals surface area (Å²) in [5, 5.41) is 2.85. The number of hydrogen-bond donors (Lipinski definition) is 2. The molecule has 0 unspecified atom stereocenters. The molecule has 0 radical (unpaired) electrons. The molecule has 3 aromatic carbocycles. The third-order valence-electron chi connectivity index (χ3n) is 4.30. The number of sulfonamides is 1. The van der Waals surface area contributed by atoms with E-state index in [4.69, 9.17) is 16.3 Å². The maximum atomic E-state index is 12.5. The molecule has 0 atom stereocenters. The highest BCUT2D eigenvalue weighted by atomic mass is 35.5. The summed E-state index contributed by atoms with van der Waals surface area (Å²) in [6, 6.07) is 20.7. The topological polar surface area (TPSA) is 84.5 Å². The zero-order valence-electron chi connectivity index (χ0n) is 16.3. The van der Waals surface area contributed by atoms with E-state index in [0.717, 1.165) is 11.1 Å². The Morgan fingerprint density at radius 2 is 1.70 bits per heavy atom. The molecule has 1 amide bonds. The van der Waals surface area contributed by atoms with Crippen molar-refractivity contribution in [1.29, 1.82) is 0 Å². The first-order valence-corrected chi connectivity index (χ1v) is 11.0. The fraction of sp³-hybridized carbons (Fsp3) is 0.136. The molecule has 2 N–H and O–H groups in total. The SMILES string of the molecule is Cc1ccccc1NC(=O)COc1ccc(S(=O)(=O)NCc2ccccc2)cc1Cl. The van der Waals surface area contributed by atoms with E-state index in [-0.39, 0.29) is 34.7 Å². The minimum Gasteiger partial charge on any atom is -0.482 e. The van der Waals surface area contributed by atoms with Gasteiger partial charge in [0, 0.05) is 12.2 Å². The van der Waals surface area contributed by atoms with Crippen molar-refractivity contribution in [3.8, 4) is 5.75 Å². The Morgan fingerprint density at radius 3 is 2.40 bits per heavy atom. The highest BCUT2D eigenvalue weighted by Gasteiger charge is 2.16. The van der Waals surface area contributed by atoms with Crippen LogP contribution in [-0.4, -0.2) is 20.9 Å². The normalized spacial score (nSPS) is 11.1. The van der Waals surface area contributed by atoms with Crippen LogP contribution in [0.25, 0.3) is 0 Å². The molecule has 0 saturated heterocycles. The van der Waals surface area contributed by atoms with Crippen LogP contribution in [0.15, 0.2) is 77.7 Å². The van der Waals surface area contributed by atoms with Gasteiger partial charge in [-0.15, -0.1) is 0 Å². The lowest BCUT2D eigenvalue weighted by molar-refractivity contribution is -0.118. The number of benzene rings is 3. The largest absolute Gasteiger partial charge is 0.482 e. The minimum absolute atomic E-state index is 0.0140. The predicted octanol–water partition coefficient (Wildman–Crippen LogP) is 4.14. The van der Waals surface area contributed by atoms with Crippen molar-refractivity contribution in [1.82, 2.24) is 4.72 Å². The van der Waals surface area contributed by atoms with Crippen LogP contribution in [0.4, 0.5) is 5.69 Å². The van der Waals surface area contributed by atoms with Crippen molar-refractivity contribution >= 4 is 33.2 Å². The lowest BCUT2D eigenvalue weighted by atomic mass is 10.2. The smallest absolute Gasteiger partial charge is 0.262 e. The molecular weight excluding hydrogens is 424 g/mol. The highest BCUT2D eigenvalue weighted by molar-refractivity contribution is 7.89. The molecule has 0 aliphatic rings. The van der Waals surface area contributed by atoms with Gasteiger partial charge in [0.15, 0.2) is 6.61 Å². The number of aryl methyl sites for hydroxylation is 1. The number of halogens is 1. The molecule has 6 nitrogen and oxygen atoms in total.